The van der Waals surface area contributed by atoms with Crippen LogP contribution < -0.4 is 0 Å². The van der Waals surface area contributed by atoms with Gasteiger partial charge in [-0.1, -0.05) is 15.9 Å². The van der Waals surface area contributed by atoms with Crippen LogP contribution in [-0.4, -0.2) is 32.6 Å². The number of aromatic nitrogens is 2. The van der Waals surface area contributed by atoms with Gasteiger partial charge in [0.25, 0.3) is 0 Å². The maximum Gasteiger partial charge on any atom is 0.223 e. The third kappa shape index (κ3) is 1.97. The quantitative estimate of drug-likeness (QED) is 0.827. The number of H-pyrrole nitrogens is 1. The molecule has 1 fully saturated rings. The standard InChI is InChI=1S/C9H12BrN3O/c10-2-7-1-9(14)13(4-7)5-8-3-11-6-12-8/h3,6-7H,1-2,4-5H2,(H,11,12). The molecule has 0 aliphatic carbocycles. The van der Waals surface area contributed by atoms with Gasteiger partial charge in [-0.25, -0.2) is 4.98 Å². The molecule has 14 heavy (non-hydrogen) atoms. The van der Waals surface area contributed by atoms with Crippen molar-refractivity contribution in [3.63, 3.8) is 0 Å². The Hall–Kier alpha value is -0.840. The van der Waals surface area contributed by atoms with Crippen LogP contribution in [0.25, 0.3) is 0 Å². The highest BCUT2D eigenvalue weighted by Crippen LogP contribution is 2.20. The molecular weight excluding hydrogens is 246 g/mol. The Morgan fingerprint density at radius 2 is 2.57 bits per heavy atom. The summed E-state index contributed by atoms with van der Waals surface area (Å²) in [6.45, 7) is 1.51. The summed E-state index contributed by atoms with van der Waals surface area (Å²) in [5, 5.41) is 0.901. The highest BCUT2D eigenvalue weighted by Gasteiger charge is 2.28. The predicted molar refractivity (Wildman–Crippen MR) is 55.9 cm³/mol. The van der Waals surface area contributed by atoms with E-state index >= 15 is 0 Å². The molecule has 76 valence electrons. The van der Waals surface area contributed by atoms with Crippen LogP contribution in [0.5, 0.6) is 0 Å². The average molecular weight is 258 g/mol. The Morgan fingerprint density at radius 3 is 3.14 bits per heavy atom. The van der Waals surface area contributed by atoms with Crippen molar-refractivity contribution in [2.75, 3.05) is 11.9 Å². The van der Waals surface area contributed by atoms with E-state index in [1.54, 1.807) is 12.5 Å². The molecule has 0 aromatic carbocycles. The fraction of sp³-hybridized carbons (Fsp3) is 0.556. The Labute approximate surface area is 90.8 Å². The second-order valence-electron chi connectivity index (χ2n) is 3.58. The molecule has 0 saturated carbocycles. The number of alkyl halides is 1. The summed E-state index contributed by atoms with van der Waals surface area (Å²) < 4.78 is 0. The van der Waals surface area contributed by atoms with Gasteiger partial charge in [0.2, 0.25) is 5.91 Å². The second-order valence-corrected chi connectivity index (χ2v) is 4.22. The Balaban J connectivity index is 1.96. The molecule has 1 atom stereocenters. The summed E-state index contributed by atoms with van der Waals surface area (Å²) in [5.41, 5.74) is 0.994. The molecule has 1 unspecified atom stereocenters. The number of imidazole rings is 1. The zero-order valence-electron chi connectivity index (χ0n) is 7.74. The number of nitrogens with one attached hydrogen (secondary N) is 1. The van der Waals surface area contributed by atoms with Gasteiger partial charge >= 0.3 is 0 Å². The molecule has 0 bridgehead atoms. The van der Waals surface area contributed by atoms with Crippen LogP contribution in [0.1, 0.15) is 12.1 Å². The largest absolute Gasteiger partial charge is 0.347 e. The SMILES string of the molecule is O=C1CC(CBr)CN1Cc1cnc[nH]1. The lowest BCUT2D eigenvalue weighted by Gasteiger charge is -2.14. The summed E-state index contributed by atoms with van der Waals surface area (Å²) in [4.78, 5) is 20.3. The highest BCUT2D eigenvalue weighted by atomic mass is 79.9. The minimum atomic E-state index is 0.240. The van der Waals surface area contributed by atoms with Crippen molar-refractivity contribution >= 4 is 21.8 Å². The van der Waals surface area contributed by atoms with Gasteiger partial charge < -0.3 is 9.88 Å². The first kappa shape index (κ1) is 9.71. The Kier molecular flexibility index (Phi) is 2.86. The minimum absolute atomic E-state index is 0.240. The molecule has 1 aromatic heterocycles. The predicted octanol–water partition coefficient (Wildman–Crippen LogP) is 1.15. The van der Waals surface area contributed by atoms with Crippen molar-refractivity contribution in [2.45, 2.75) is 13.0 Å². The molecule has 1 amide bonds. The van der Waals surface area contributed by atoms with Crippen LogP contribution >= 0.6 is 15.9 Å². The number of hydrogen-bond donors (Lipinski definition) is 1. The van der Waals surface area contributed by atoms with Crippen LogP contribution in [-0.2, 0) is 11.3 Å². The number of halogens is 1. The van der Waals surface area contributed by atoms with Gasteiger partial charge in [0.15, 0.2) is 0 Å². The number of hydrogen-bond acceptors (Lipinski definition) is 2. The maximum atomic E-state index is 11.5. The number of carbonyl (C=O) groups excluding carboxylic acids is 1. The second kappa shape index (κ2) is 4.13. The van der Waals surface area contributed by atoms with Crippen molar-refractivity contribution in [3.05, 3.63) is 18.2 Å². The lowest BCUT2D eigenvalue weighted by atomic mass is 10.2. The van der Waals surface area contributed by atoms with Gasteiger partial charge in [-0.2, -0.15) is 0 Å². The minimum Gasteiger partial charge on any atom is -0.347 e. The summed E-state index contributed by atoms with van der Waals surface area (Å²) >= 11 is 3.41. The average Bonchev–Trinajstić information content (AvgIpc) is 2.78. The van der Waals surface area contributed by atoms with Crippen LogP contribution in [0.4, 0.5) is 0 Å². The van der Waals surface area contributed by atoms with E-state index in [9.17, 15) is 4.79 Å². The number of aromatic amines is 1. The summed E-state index contributed by atoms with van der Waals surface area (Å²) in [6, 6.07) is 0. The van der Waals surface area contributed by atoms with E-state index in [2.05, 4.69) is 25.9 Å². The molecule has 0 radical (unpaired) electrons. The van der Waals surface area contributed by atoms with Crippen molar-refractivity contribution in [2.24, 2.45) is 5.92 Å². The zero-order valence-corrected chi connectivity index (χ0v) is 9.33. The maximum absolute atomic E-state index is 11.5. The zero-order chi connectivity index (χ0) is 9.97. The van der Waals surface area contributed by atoms with Crippen molar-refractivity contribution in [1.29, 1.82) is 0 Å². The molecule has 1 N–H and O–H groups in total. The fourth-order valence-corrected chi connectivity index (χ4v) is 2.12. The smallest absolute Gasteiger partial charge is 0.223 e. The first-order valence-electron chi connectivity index (χ1n) is 4.60. The Morgan fingerprint density at radius 1 is 1.71 bits per heavy atom. The molecule has 1 aliphatic rings. The number of likely N-dealkylation sites (tertiary alicyclic amines) is 1. The first-order valence-corrected chi connectivity index (χ1v) is 5.72. The number of amides is 1. The van der Waals surface area contributed by atoms with Gasteiger partial charge in [-0.3, -0.25) is 4.79 Å². The molecule has 1 saturated heterocycles. The number of rotatable bonds is 3. The van der Waals surface area contributed by atoms with Crippen LogP contribution in [0, 0.1) is 5.92 Å². The van der Waals surface area contributed by atoms with Crippen molar-refractivity contribution < 1.29 is 4.79 Å². The monoisotopic (exact) mass is 257 g/mol. The van der Waals surface area contributed by atoms with Gasteiger partial charge in [-0.05, 0) is 5.92 Å². The summed E-state index contributed by atoms with van der Waals surface area (Å²) in [5.74, 6) is 0.703. The molecule has 5 heteroatoms. The van der Waals surface area contributed by atoms with E-state index in [1.807, 2.05) is 4.90 Å². The topological polar surface area (TPSA) is 49.0 Å². The fourth-order valence-electron chi connectivity index (χ4n) is 1.69. The van der Waals surface area contributed by atoms with Gasteiger partial charge in [0.05, 0.1) is 18.6 Å². The normalized spacial score (nSPS) is 21.9. The molecule has 1 aliphatic heterocycles. The van der Waals surface area contributed by atoms with Gasteiger partial charge in [0.1, 0.15) is 0 Å². The molecule has 0 spiro atoms. The molecular formula is C9H12BrN3O. The van der Waals surface area contributed by atoms with Crippen LogP contribution in [0.15, 0.2) is 12.5 Å². The molecule has 4 nitrogen and oxygen atoms in total. The lowest BCUT2D eigenvalue weighted by molar-refractivity contribution is -0.128. The van der Waals surface area contributed by atoms with E-state index < -0.39 is 0 Å². The number of nitrogens with zero attached hydrogens (tertiary/aromatic N) is 2. The molecule has 2 rings (SSSR count). The third-order valence-electron chi connectivity index (χ3n) is 2.43. The van der Waals surface area contributed by atoms with E-state index in [0.717, 1.165) is 17.6 Å². The molecule has 2 heterocycles. The van der Waals surface area contributed by atoms with Gasteiger partial charge in [-0.15, -0.1) is 0 Å². The Bertz CT molecular complexity index is 312. The van der Waals surface area contributed by atoms with E-state index in [4.69, 9.17) is 0 Å². The van der Waals surface area contributed by atoms with E-state index in [1.165, 1.54) is 0 Å². The van der Waals surface area contributed by atoms with Gasteiger partial charge in [0, 0.05) is 24.5 Å². The number of carbonyl (C=O) groups is 1. The van der Waals surface area contributed by atoms with E-state index in [-0.39, 0.29) is 5.91 Å². The van der Waals surface area contributed by atoms with Crippen LogP contribution in [0.3, 0.4) is 0 Å². The van der Waals surface area contributed by atoms with Crippen molar-refractivity contribution in [1.82, 2.24) is 14.9 Å². The van der Waals surface area contributed by atoms with Crippen molar-refractivity contribution in [3.8, 4) is 0 Å². The summed E-state index contributed by atoms with van der Waals surface area (Å²) in [7, 11) is 0. The molecule has 1 aromatic rings. The third-order valence-corrected chi connectivity index (χ3v) is 3.34. The highest BCUT2D eigenvalue weighted by molar-refractivity contribution is 9.09. The van der Waals surface area contributed by atoms with Crippen LogP contribution in [0.2, 0.25) is 0 Å². The summed E-state index contributed by atoms with van der Waals surface area (Å²) in [6.07, 6.45) is 4.06. The first-order chi connectivity index (χ1) is 6.79. The lowest BCUT2D eigenvalue weighted by Crippen LogP contribution is -2.24. The van der Waals surface area contributed by atoms with E-state index in [0.29, 0.717) is 18.9 Å².